The molecule has 3 amide bonds. The monoisotopic (exact) mass is 427 g/mol. The van der Waals surface area contributed by atoms with Crippen LogP contribution in [0.5, 0.6) is 5.75 Å². The second-order valence-corrected chi connectivity index (χ2v) is 7.29. The number of urea groups is 1. The van der Waals surface area contributed by atoms with E-state index in [1.807, 2.05) is 26.0 Å². The molecule has 31 heavy (non-hydrogen) atoms. The number of ether oxygens (including phenoxy) is 2. The zero-order valence-electron chi connectivity index (χ0n) is 18.2. The molecule has 8 nitrogen and oxygen atoms in total. The van der Waals surface area contributed by atoms with Crippen molar-refractivity contribution in [2.45, 2.75) is 46.0 Å². The molecule has 0 aromatic heterocycles. The van der Waals surface area contributed by atoms with Crippen molar-refractivity contribution in [2.75, 3.05) is 7.11 Å². The Hall–Kier alpha value is -3.55. The van der Waals surface area contributed by atoms with E-state index in [1.165, 1.54) is 6.92 Å². The minimum Gasteiger partial charge on any atom is -0.497 e. The lowest BCUT2D eigenvalue weighted by atomic mass is 10.1. The van der Waals surface area contributed by atoms with Crippen LogP contribution in [0.2, 0.25) is 0 Å². The normalized spacial score (nSPS) is 11.4. The summed E-state index contributed by atoms with van der Waals surface area (Å²) in [6, 6.07) is 13.7. The zero-order valence-corrected chi connectivity index (χ0v) is 18.2. The van der Waals surface area contributed by atoms with Crippen LogP contribution < -0.4 is 20.7 Å². The van der Waals surface area contributed by atoms with Crippen LogP contribution in [0.4, 0.5) is 4.79 Å². The average molecular weight is 428 g/mol. The van der Waals surface area contributed by atoms with Gasteiger partial charge in [-0.25, -0.2) is 9.59 Å². The Bertz CT molecular complexity index is 879. The summed E-state index contributed by atoms with van der Waals surface area (Å²) in [4.78, 5) is 36.2. The molecule has 2 rings (SSSR count). The Labute approximate surface area is 182 Å². The Morgan fingerprint density at radius 2 is 1.39 bits per heavy atom. The molecule has 166 valence electrons. The first-order valence-electron chi connectivity index (χ1n) is 10.0. The van der Waals surface area contributed by atoms with E-state index in [9.17, 15) is 14.4 Å². The van der Waals surface area contributed by atoms with Gasteiger partial charge < -0.3 is 25.4 Å². The maximum absolute atomic E-state index is 12.3. The van der Waals surface area contributed by atoms with E-state index >= 15 is 0 Å². The molecule has 0 aliphatic rings. The van der Waals surface area contributed by atoms with Gasteiger partial charge in [-0.05, 0) is 56.2 Å². The molecule has 0 fully saturated rings. The van der Waals surface area contributed by atoms with Crippen molar-refractivity contribution < 1.29 is 23.9 Å². The standard InChI is InChI=1S/C23H29N3O5/c1-15(2)26-23(29)25-14-17-5-9-19(10-6-17)22(28)31-16(3)21(27)24-13-18-7-11-20(30-4)12-8-18/h5-12,15-16H,13-14H2,1-4H3,(H,24,27)(H2,25,26,29)/t16-/m0/s1. The first-order valence-corrected chi connectivity index (χ1v) is 10.0. The first kappa shape index (κ1) is 23.7. The highest BCUT2D eigenvalue weighted by Crippen LogP contribution is 2.11. The number of hydrogen-bond donors (Lipinski definition) is 3. The van der Waals surface area contributed by atoms with Gasteiger partial charge in [-0.3, -0.25) is 4.79 Å². The van der Waals surface area contributed by atoms with Crippen LogP contribution in [-0.2, 0) is 22.6 Å². The molecular weight excluding hydrogens is 398 g/mol. The molecule has 0 bridgehead atoms. The van der Waals surface area contributed by atoms with Crippen molar-refractivity contribution in [3.8, 4) is 5.75 Å². The van der Waals surface area contributed by atoms with Crippen LogP contribution in [-0.4, -0.2) is 37.2 Å². The van der Waals surface area contributed by atoms with E-state index in [4.69, 9.17) is 9.47 Å². The van der Waals surface area contributed by atoms with E-state index in [2.05, 4.69) is 16.0 Å². The number of rotatable bonds is 9. The van der Waals surface area contributed by atoms with Crippen LogP contribution >= 0.6 is 0 Å². The van der Waals surface area contributed by atoms with Crippen molar-refractivity contribution in [3.63, 3.8) is 0 Å². The summed E-state index contributed by atoms with van der Waals surface area (Å²) >= 11 is 0. The molecule has 8 heteroatoms. The predicted molar refractivity (Wildman–Crippen MR) is 117 cm³/mol. The SMILES string of the molecule is COc1ccc(CNC(=O)[C@H](C)OC(=O)c2ccc(CNC(=O)NC(C)C)cc2)cc1. The van der Waals surface area contributed by atoms with Crippen molar-refractivity contribution >= 4 is 17.9 Å². The topological polar surface area (TPSA) is 106 Å². The Kier molecular flexibility index (Phi) is 8.87. The van der Waals surface area contributed by atoms with Crippen LogP contribution in [0.25, 0.3) is 0 Å². The summed E-state index contributed by atoms with van der Waals surface area (Å²) in [6.45, 7) is 5.92. The van der Waals surface area contributed by atoms with Crippen LogP contribution in [0.3, 0.4) is 0 Å². The molecule has 0 aliphatic carbocycles. The molecule has 2 aromatic rings. The molecule has 0 spiro atoms. The average Bonchev–Trinajstić information content (AvgIpc) is 2.76. The van der Waals surface area contributed by atoms with Crippen LogP contribution in [0.1, 0.15) is 42.3 Å². The van der Waals surface area contributed by atoms with Gasteiger partial charge in [-0.2, -0.15) is 0 Å². The highest BCUT2D eigenvalue weighted by Gasteiger charge is 2.18. The molecule has 0 radical (unpaired) electrons. The molecule has 1 atom stereocenters. The molecule has 0 saturated heterocycles. The van der Waals surface area contributed by atoms with Crippen molar-refractivity contribution in [2.24, 2.45) is 0 Å². The fourth-order valence-electron chi connectivity index (χ4n) is 2.61. The van der Waals surface area contributed by atoms with Crippen molar-refractivity contribution in [1.82, 2.24) is 16.0 Å². The quantitative estimate of drug-likeness (QED) is 0.534. The minimum atomic E-state index is -0.938. The molecule has 3 N–H and O–H groups in total. The van der Waals surface area contributed by atoms with Gasteiger partial charge in [-0.1, -0.05) is 24.3 Å². The maximum atomic E-state index is 12.3. The summed E-state index contributed by atoms with van der Waals surface area (Å²) in [7, 11) is 1.59. The largest absolute Gasteiger partial charge is 0.497 e. The highest BCUT2D eigenvalue weighted by atomic mass is 16.5. The second-order valence-electron chi connectivity index (χ2n) is 7.29. The fourth-order valence-corrected chi connectivity index (χ4v) is 2.61. The number of methoxy groups -OCH3 is 1. The van der Waals surface area contributed by atoms with Gasteiger partial charge in [0.25, 0.3) is 5.91 Å². The van der Waals surface area contributed by atoms with E-state index in [-0.39, 0.29) is 18.0 Å². The summed E-state index contributed by atoms with van der Waals surface area (Å²) in [6.07, 6.45) is -0.938. The van der Waals surface area contributed by atoms with Gasteiger partial charge in [0.1, 0.15) is 5.75 Å². The lowest BCUT2D eigenvalue weighted by Crippen LogP contribution is -2.39. The van der Waals surface area contributed by atoms with Gasteiger partial charge in [0.15, 0.2) is 6.10 Å². The first-order chi connectivity index (χ1) is 14.8. The third-order valence-corrected chi connectivity index (χ3v) is 4.34. The number of hydrogen-bond acceptors (Lipinski definition) is 5. The number of benzene rings is 2. The number of esters is 1. The Morgan fingerprint density at radius 3 is 1.94 bits per heavy atom. The van der Waals surface area contributed by atoms with Crippen LogP contribution in [0, 0.1) is 0 Å². The van der Waals surface area contributed by atoms with E-state index in [0.29, 0.717) is 18.7 Å². The van der Waals surface area contributed by atoms with Crippen molar-refractivity contribution in [1.29, 1.82) is 0 Å². The van der Waals surface area contributed by atoms with E-state index in [1.54, 1.807) is 43.5 Å². The Morgan fingerprint density at radius 1 is 0.839 bits per heavy atom. The summed E-state index contributed by atoms with van der Waals surface area (Å²) < 4.78 is 10.4. The minimum absolute atomic E-state index is 0.0487. The van der Waals surface area contributed by atoms with E-state index < -0.39 is 12.1 Å². The lowest BCUT2D eigenvalue weighted by molar-refractivity contribution is -0.129. The number of amides is 3. The smallest absolute Gasteiger partial charge is 0.338 e. The molecule has 0 saturated carbocycles. The van der Waals surface area contributed by atoms with Gasteiger partial charge >= 0.3 is 12.0 Å². The Balaban J connectivity index is 1.80. The highest BCUT2D eigenvalue weighted by molar-refractivity contribution is 5.92. The molecule has 0 unspecified atom stereocenters. The summed E-state index contributed by atoms with van der Waals surface area (Å²) in [5.74, 6) is -0.247. The number of carbonyl (C=O) groups excluding carboxylic acids is 3. The molecular formula is C23H29N3O5. The number of carbonyl (C=O) groups is 3. The predicted octanol–water partition coefficient (Wildman–Crippen LogP) is 2.76. The van der Waals surface area contributed by atoms with Crippen LogP contribution in [0.15, 0.2) is 48.5 Å². The summed E-state index contributed by atoms with van der Waals surface area (Å²) in [5, 5.41) is 8.21. The molecule has 0 heterocycles. The van der Waals surface area contributed by atoms with Gasteiger partial charge in [-0.15, -0.1) is 0 Å². The third-order valence-electron chi connectivity index (χ3n) is 4.34. The van der Waals surface area contributed by atoms with E-state index in [0.717, 1.165) is 16.9 Å². The molecule has 0 aliphatic heterocycles. The third kappa shape index (κ3) is 8.00. The van der Waals surface area contributed by atoms with Gasteiger partial charge in [0.2, 0.25) is 0 Å². The lowest BCUT2D eigenvalue weighted by Gasteiger charge is -2.14. The number of nitrogens with one attached hydrogen (secondary N) is 3. The van der Waals surface area contributed by atoms with Gasteiger partial charge in [0, 0.05) is 19.1 Å². The maximum Gasteiger partial charge on any atom is 0.338 e. The van der Waals surface area contributed by atoms with Crippen molar-refractivity contribution in [3.05, 3.63) is 65.2 Å². The summed E-state index contributed by atoms with van der Waals surface area (Å²) in [5.41, 5.74) is 2.06. The fraction of sp³-hybridized carbons (Fsp3) is 0.348. The second kappa shape index (κ2) is 11.6. The molecule has 2 aromatic carbocycles. The van der Waals surface area contributed by atoms with Gasteiger partial charge in [0.05, 0.1) is 12.7 Å². The zero-order chi connectivity index (χ0) is 22.8.